The molecule has 0 aliphatic heterocycles. The van der Waals surface area contributed by atoms with Crippen LogP contribution >= 0.6 is 0 Å². The van der Waals surface area contributed by atoms with Gasteiger partial charge < -0.3 is 24.3 Å². The van der Waals surface area contributed by atoms with Crippen molar-refractivity contribution in [1.29, 1.82) is 5.26 Å². The van der Waals surface area contributed by atoms with Crippen LogP contribution in [0.25, 0.3) is 0 Å². The van der Waals surface area contributed by atoms with E-state index in [1.165, 1.54) is 14.2 Å². The van der Waals surface area contributed by atoms with Crippen LogP contribution in [0.15, 0.2) is 36.4 Å². The number of amides is 1. The molecule has 0 unspecified atom stereocenters. The van der Waals surface area contributed by atoms with E-state index in [0.29, 0.717) is 47.3 Å². The number of anilines is 1. The number of hydrogen-bond donors (Lipinski definition) is 1. The molecule has 0 saturated heterocycles. The fourth-order valence-corrected chi connectivity index (χ4v) is 2.39. The maximum Gasteiger partial charge on any atom is 0.224 e. The maximum absolute atomic E-state index is 12.1. The summed E-state index contributed by atoms with van der Waals surface area (Å²) in [5.74, 6) is 2.06. The monoisotopic (exact) mass is 370 g/mol. The van der Waals surface area contributed by atoms with Gasteiger partial charge in [0.15, 0.2) is 11.5 Å². The van der Waals surface area contributed by atoms with Gasteiger partial charge in [-0.25, -0.2) is 0 Å². The molecular formula is C20H22N2O5. The van der Waals surface area contributed by atoms with Gasteiger partial charge in [0.25, 0.3) is 0 Å². The molecule has 0 fully saturated rings. The third-order valence-corrected chi connectivity index (χ3v) is 3.78. The summed E-state index contributed by atoms with van der Waals surface area (Å²) in [6.07, 6.45) is 0.807. The summed E-state index contributed by atoms with van der Waals surface area (Å²) in [5, 5.41) is 11.7. The number of nitriles is 1. The van der Waals surface area contributed by atoms with E-state index in [0.717, 1.165) is 0 Å². The molecule has 1 amide bonds. The predicted molar refractivity (Wildman–Crippen MR) is 101 cm³/mol. The molecule has 0 bridgehead atoms. The maximum atomic E-state index is 12.1. The van der Waals surface area contributed by atoms with Gasteiger partial charge in [-0.3, -0.25) is 4.79 Å². The zero-order chi connectivity index (χ0) is 19.6. The average Bonchev–Trinajstić information content (AvgIpc) is 2.71. The van der Waals surface area contributed by atoms with Crippen LogP contribution in [0.4, 0.5) is 5.69 Å². The topological polar surface area (TPSA) is 89.8 Å². The Balaban J connectivity index is 1.84. The molecule has 2 rings (SSSR count). The Bertz CT molecular complexity index is 830. The van der Waals surface area contributed by atoms with Gasteiger partial charge in [0, 0.05) is 18.6 Å². The highest BCUT2D eigenvalue weighted by Crippen LogP contribution is 2.29. The first-order chi connectivity index (χ1) is 13.1. The van der Waals surface area contributed by atoms with E-state index in [-0.39, 0.29) is 12.3 Å². The Morgan fingerprint density at radius 2 is 1.78 bits per heavy atom. The van der Waals surface area contributed by atoms with Crippen LogP contribution in [-0.2, 0) is 4.79 Å². The number of nitrogens with zero attached hydrogens (tertiary/aromatic N) is 1. The number of methoxy groups -OCH3 is 3. The van der Waals surface area contributed by atoms with Gasteiger partial charge in [-0.2, -0.15) is 5.26 Å². The standard InChI is InChI=1S/C20H22N2O5/c1-24-15-7-8-16(18(12-15)25-2)22-20(23)5-4-10-27-17-9-6-14(13-21)11-19(17)26-3/h6-9,11-12H,4-5,10H2,1-3H3,(H,22,23). The number of carbonyl (C=O) groups excluding carboxylic acids is 1. The van der Waals surface area contributed by atoms with Gasteiger partial charge in [-0.15, -0.1) is 0 Å². The fourth-order valence-electron chi connectivity index (χ4n) is 2.39. The molecule has 0 aliphatic carbocycles. The third kappa shape index (κ3) is 5.54. The predicted octanol–water partition coefficient (Wildman–Crippen LogP) is 3.38. The van der Waals surface area contributed by atoms with Crippen LogP contribution in [0.5, 0.6) is 23.0 Å². The largest absolute Gasteiger partial charge is 0.497 e. The van der Waals surface area contributed by atoms with Crippen molar-refractivity contribution in [2.24, 2.45) is 0 Å². The molecule has 0 aliphatic rings. The van der Waals surface area contributed by atoms with Crippen LogP contribution in [0.2, 0.25) is 0 Å². The number of hydrogen-bond acceptors (Lipinski definition) is 6. The highest BCUT2D eigenvalue weighted by Gasteiger charge is 2.10. The van der Waals surface area contributed by atoms with E-state index < -0.39 is 0 Å². The van der Waals surface area contributed by atoms with Crippen molar-refractivity contribution >= 4 is 11.6 Å². The van der Waals surface area contributed by atoms with Gasteiger partial charge in [-0.1, -0.05) is 0 Å². The van der Waals surface area contributed by atoms with Crippen molar-refractivity contribution in [3.8, 4) is 29.1 Å². The molecule has 0 saturated carbocycles. The minimum Gasteiger partial charge on any atom is -0.497 e. The molecule has 7 heteroatoms. The van der Waals surface area contributed by atoms with Crippen molar-refractivity contribution in [2.75, 3.05) is 33.3 Å². The molecule has 2 aromatic carbocycles. The normalized spacial score (nSPS) is 9.85. The Kier molecular flexibility index (Phi) is 7.32. The number of nitrogens with one attached hydrogen (secondary N) is 1. The Hall–Kier alpha value is -3.40. The molecule has 0 atom stereocenters. The molecule has 7 nitrogen and oxygen atoms in total. The van der Waals surface area contributed by atoms with E-state index in [2.05, 4.69) is 5.32 Å². The van der Waals surface area contributed by atoms with Crippen LogP contribution in [0, 0.1) is 11.3 Å². The summed E-state index contributed by atoms with van der Waals surface area (Å²) < 4.78 is 21.3. The van der Waals surface area contributed by atoms with Gasteiger partial charge >= 0.3 is 0 Å². The lowest BCUT2D eigenvalue weighted by Crippen LogP contribution is -2.13. The van der Waals surface area contributed by atoms with Crippen molar-refractivity contribution in [3.63, 3.8) is 0 Å². The van der Waals surface area contributed by atoms with Gasteiger partial charge in [0.2, 0.25) is 5.91 Å². The summed E-state index contributed by atoms with van der Waals surface area (Å²) in [4.78, 5) is 12.1. The van der Waals surface area contributed by atoms with E-state index >= 15 is 0 Å². The zero-order valence-electron chi connectivity index (χ0n) is 15.6. The zero-order valence-corrected chi connectivity index (χ0v) is 15.6. The molecule has 27 heavy (non-hydrogen) atoms. The highest BCUT2D eigenvalue weighted by molar-refractivity contribution is 5.92. The molecule has 0 radical (unpaired) electrons. The third-order valence-electron chi connectivity index (χ3n) is 3.78. The fraction of sp³-hybridized carbons (Fsp3) is 0.300. The van der Waals surface area contributed by atoms with Crippen LogP contribution in [0.1, 0.15) is 18.4 Å². The lowest BCUT2D eigenvalue weighted by molar-refractivity contribution is -0.116. The molecular weight excluding hydrogens is 348 g/mol. The van der Waals surface area contributed by atoms with Crippen LogP contribution < -0.4 is 24.3 Å². The van der Waals surface area contributed by atoms with Crippen molar-refractivity contribution in [3.05, 3.63) is 42.0 Å². The van der Waals surface area contributed by atoms with E-state index in [9.17, 15) is 4.79 Å². The lowest BCUT2D eigenvalue weighted by atomic mass is 10.2. The number of ether oxygens (including phenoxy) is 4. The summed E-state index contributed by atoms with van der Waals surface area (Å²) in [6, 6.07) is 12.2. The second kappa shape index (κ2) is 9.92. The molecule has 0 heterocycles. The molecule has 0 spiro atoms. The van der Waals surface area contributed by atoms with E-state index in [1.807, 2.05) is 6.07 Å². The van der Waals surface area contributed by atoms with Crippen LogP contribution in [0.3, 0.4) is 0 Å². The number of rotatable bonds is 9. The van der Waals surface area contributed by atoms with E-state index in [1.54, 1.807) is 43.5 Å². The minimum atomic E-state index is -0.145. The molecule has 142 valence electrons. The Labute approximate surface area is 158 Å². The van der Waals surface area contributed by atoms with Gasteiger partial charge in [0.05, 0.1) is 45.3 Å². The summed E-state index contributed by atoms with van der Waals surface area (Å²) in [7, 11) is 4.61. The highest BCUT2D eigenvalue weighted by atomic mass is 16.5. The van der Waals surface area contributed by atoms with Gasteiger partial charge in [0.1, 0.15) is 11.5 Å². The number of benzene rings is 2. The second-order valence-corrected chi connectivity index (χ2v) is 5.54. The van der Waals surface area contributed by atoms with Crippen molar-refractivity contribution in [2.45, 2.75) is 12.8 Å². The first-order valence-corrected chi connectivity index (χ1v) is 8.34. The summed E-state index contributed by atoms with van der Waals surface area (Å²) in [6.45, 7) is 0.343. The Morgan fingerprint density at radius 3 is 2.44 bits per heavy atom. The second-order valence-electron chi connectivity index (χ2n) is 5.54. The SMILES string of the molecule is COc1ccc(NC(=O)CCCOc2ccc(C#N)cc2OC)c(OC)c1. The summed E-state index contributed by atoms with van der Waals surface area (Å²) >= 11 is 0. The molecule has 2 aromatic rings. The van der Waals surface area contributed by atoms with E-state index in [4.69, 9.17) is 24.2 Å². The lowest BCUT2D eigenvalue weighted by Gasteiger charge is -2.12. The van der Waals surface area contributed by atoms with Crippen LogP contribution in [-0.4, -0.2) is 33.8 Å². The Morgan fingerprint density at radius 1 is 1.00 bits per heavy atom. The first-order valence-electron chi connectivity index (χ1n) is 8.34. The molecule has 0 aromatic heterocycles. The average molecular weight is 370 g/mol. The van der Waals surface area contributed by atoms with Gasteiger partial charge in [-0.05, 0) is 30.7 Å². The smallest absolute Gasteiger partial charge is 0.224 e. The number of carbonyl (C=O) groups is 1. The quantitative estimate of drug-likeness (QED) is 0.681. The molecule has 1 N–H and O–H groups in total. The van der Waals surface area contributed by atoms with Crippen molar-refractivity contribution in [1.82, 2.24) is 0 Å². The first kappa shape index (κ1) is 19.9. The minimum absolute atomic E-state index is 0.145. The summed E-state index contributed by atoms with van der Waals surface area (Å²) in [5.41, 5.74) is 1.07. The van der Waals surface area contributed by atoms with Crippen molar-refractivity contribution < 1.29 is 23.7 Å².